The number of carbonyl (C=O) groups is 1. The molecule has 0 radical (unpaired) electrons. The van der Waals surface area contributed by atoms with E-state index in [-0.39, 0.29) is 5.91 Å². The average molecular weight is 223 g/mol. The van der Waals surface area contributed by atoms with Crippen LogP contribution in [0.3, 0.4) is 0 Å². The molecule has 0 saturated carbocycles. The summed E-state index contributed by atoms with van der Waals surface area (Å²) in [6.07, 6.45) is 2.24. The van der Waals surface area contributed by atoms with Crippen molar-refractivity contribution in [3.63, 3.8) is 0 Å². The van der Waals surface area contributed by atoms with E-state index >= 15 is 0 Å². The normalized spacial score (nSPS) is 21.3. The Hall–Kier alpha value is -0.830. The second-order valence-corrected chi connectivity index (χ2v) is 4.90. The van der Waals surface area contributed by atoms with Gasteiger partial charge in [0.05, 0.1) is 4.88 Å². The molecule has 0 fully saturated rings. The van der Waals surface area contributed by atoms with Crippen LogP contribution in [0.1, 0.15) is 47.8 Å². The van der Waals surface area contributed by atoms with Crippen LogP contribution in [-0.2, 0) is 0 Å². The van der Waals surface area contributed by atoms with E-state index < -0.39 is 0 Å². The molecule has 3 heteroatoms. The predicted octanol–water partition coefficient (Wildman–Crippen LogP) is 3.11. The van der Waals surface area contributed by atoms with Crippen molar-refractivity contribution in [3.8, 4) is 0 Å². The van der Waals surface area contributed by atoms with Crippen molar-refractivity contribution < 1.29 is 4.79 Å². The van der Waals surface area contributed by atoms with Gasteiger partial charge in [-0.05, 0) is 42.7 Å². The van der Waals surface area contributed by atoms with Crippen molar-refractivity contribution in [2.45, 2.75) is 32.6 Å². The average Bonchev–Trinajstić information content (AvgIpc) is 2.68. The van der Waals surface area contributed by atoms with E-state index in [2.05, 4.69) is 19.9 Å². The Morgan fingerprint density at radius 3 is 3.00 bits per heavy atom. The number of fused-ring (bicyclic) bond motifs is 1. The zero-order valence-corrected chi connectivity index (χ0v) is 10.1. The Balaban J connectivity index is 2.38. The summed E-state index contributed by atoms with van der Waals surface area (Å²) in [6, 6.07) is 2.13. The largest absolute Gasteiger partial charge is 0.338 e. The zero-order chi connectivity index (χ0) is 10.8. The molecule has 2 heterocycles. The Morgan fingerprint density at radius 2 is 2.33 bits per heavy atom. The maximum Gasteiger partial charge on any atom is 0.264 e. The molecule has 0 bridgehead atoms. The van der Waals surface area contributed by atoms with Gasteiger partial charge in [0.25, 0.3) is 5.91 Å². The van der Waals surface area contributed by atoms with Crippen molar-refractivity contribution in [1.82, 2.24) is 4.90 Å². The third-order valence-electron chi connectivity index (χ3n) is 3.24. The quantitative estimate of drug-likeness (QED) is 0.754. The molecule has 82 valence electrons. The van der Waals surface area contributed by atoms with E-state index in [1.807, 2.05) is 10.3 Å². The van der Waals surface area contributed by atoms with Crippen molar-refractivity contribution in [2.75, 3.05) is 13.1 Å². The van der Waals surface area contributed by atoms with Gasteiger partial charge in [-0.3, -0.25) is 4.79 Å². The maximum atomic E-state index is 12.1. The molecule has 0 saturated heterocycles. The lowest BCUT2D eigenvalue weighted by atomic mass is 9.95. The molecule has 1 atom stereocenters. The molecule has 2 nitrogen and oxygen atoms in total. The van der Waals surface area contributed by atoms with Crippen LogP contribution in [0, 0.1) is 0 Å². The number of thiophene rings is 1. The van der Waals surface area contributed by atoms with Crippen LogP contribution in [0.15, 0.2) is 11.4 Å². The minimum atomic E-state index is 0.235. The number of hydrogen-bond donors (Lipinski definition) is 0. The Bertz CT molecular complexity index is 358. The van der Waals surface area contributed by atoms with E-state index in [0.717, 1.165) is 30.8 Å². The van der Waals surface area contributed by atoms with Crippen LogP contribution >= 0.6 is 11.3 Å². The van der Waals surface area contributed by atoms with Crippen molar-refractivity contribution in [2.24, 2.45) is 0 Å². The van der Waals surface area contributed by atoms with E-state index in [9.17, 15) is 4.79 Å². The summed E-state index contributed by atoms with van der Waals surface area (Å²) in [5, 5.41) is 2.05. The topological polar surface area (TPSA) is 20.3 Å². The van der Waals surface area contributed by atoms with Gasteiger partial charge in [-0.2, -0.15) is 0 Å². The summed E-state index contributed by atoms with van der Waals surface area (Å²) in [4.78, 5) is 15.1. The molecule has 1 aliphatic rings. The molecule has 0 spiro atoms. The number of hydrogen-bond acceptors (Lipinski definition) is 2. The number of amides is 1. The van der Waals surface area contributed by atoms with Gasteiger partial charge in [0, 0.05) is 13.1 Å². The fraction of sp³-hybridized carbons (Fsp3) is 0.583. The van der Waals surface area contributed by atoms with Gasteiger partial charge < -0.3 is 4.90 Å². The first-order valence-corrected chi connectivity index (χ1v) is 6.52. The maximum absolute atomic E-state index is 12.1. The third kappa shape index (κ3) is 1.81. The van der Waals surface area contributed by atoms with E-state index in [1.54, 1.807) is 11.3 Å². The van der Waals surface area contributed by atoms with Crippen LogP contribution in [0.4, 0.5) is 0 Å². The van der Waals surface area contributed by atoms with Gasteiger partial charge in [0.15, 0.2) is 0 Å². The van der Waals surface area contributed by atoms with Gasteiger partial charge in [-0.1, -0.05) is 6.92 Å². The molecule has 1 unspecified atom stereocenters. The Kier molecular flexibility index (Phi) is 3.10. The molecule has 0 aliphatic carbocycles. The highest BCUT2D eigenvalue weighted by molar-refractivity contribution is 7.12. The van der Waals surface area contributed by atoms with Gasteiger partial charge in [-0.25, -0.2) is 0 Å². The summed E-state index contributed by atoms with van der Waals surface area (Å²) >= 11 is 1.59. The lowest BCUT2D eigenvalue weighted by Gasteiger charge is -2.18. The summed E-state index contributed by atoms with van der Waals surface area (Å²) in [7, 11) is 0. The lowest BCUT2D eigenvalue weighted by Crippen LogP contribution is -2.30. The van der Waals surface area contributed by atoms with Crippen molar-refractivity contribution in [1.29, 1.82) is 0 Å². The molecule has 1 aliphatic heterocycles. The molecule has 15 heavy (non-hydrogen) atoms. The van der Waals surface area contributed by atoms with Gasteiger partial charge in [-0.15, -0.1) is 11.3 Å². The molecular formula is C12H17NOS. The second-order valence-electron chi connectivity index (χ2n) is 3.98. The lowest BCUT2D eigenvalue weighted by molar-refractivity contribution is 0.0773. The third-order valence-corrected chi connectivity index (χ3v) is 4.16. The monoisotopic (exact) mass is 223 g/mol. The summed E-state index contributed by atoms with van der Waals surface area (Å²) in [5.74, 6) is 0.810. The molecule has 1 amide bonds. The highest BCUT2D eigenvalue weighted by Crippen LogP contribution is 2.33. The fourth-order valence-corrected chi connectivity index (χ4v) is 3.20. The fourth-order valence-electron chi connectivity index (χ4n) is 2.25. The minimum Gasteiger partial charge on any atom is -0.338 e. The first kappa shape index (κ1) is 10.7. The van der Waals surface area contributed by atoms with Crippen LogP contribution in [-0.4, -0.2) is 23.9 Å². The van der Waals surface area contributed by atoms with Crippen LogP contribution in [0.5, 0.6) is 0 Å². The highest BCUT2D eigenvalue weighted by Gasteiger charge is 2.27. The first-order chi connectivity index (χ1) is 7.27. The van der Waals surface area contributed by atoms with Gasteiger partial charge in [0.2, 0.25) is 0 Å². The summed E-state index contributed by atoms with van der Waals surface area (Å²) < 4.78 is 0. The number of carbonyl (C=O) groups excluding carboxylic acids is 1. The van der Waals surface area contributed by atoms with Crippen LogP contribution in [0.25, 0.3) is 0 Å². The Morgan fingerprint density at radius 1 is 1.53 bits per heavy atom. The first-order valence-electron chi connectivity index (χ1n) is 5.64. The van der Waals surface area contributed by atoms with Crippen molar-refractivity contribution in [3.05, 3.63) is 21.9 Å². The van der Waals surface area contributed by atoms with E-state index in [0.29, 0.717) is 5.92 Å². The van der Waals surface area contributed by atoms with Gasteiger partial charge >= 0.3 is 0 Å². The van der Waals surface area contributed by atoms with Crippen LogP contribution < -0.4 is 0 Å². The second kappa shape index (κ2) is 4.35. The molecule has 2 rings (SSSR count). The molecular weight excluding hydrogens is 206 g/mol. The van der Waals surface area contributed by atoms with Gasteiger partial charge in [0.1, 0.15) is 0 Å². The number of nitrogens with zero attached hydrogens (tertiary/aromatic N) is 1. The van der Waals surface area contributed by atoms with E-state index in [1.165, 1.54) is 5.56 Å². The Labute approximate surface area is 94.9 Å². The molecule has 0 N–H and O–H groups in total. The standard InChI is InChI=1S/C12H17NOS/c1-3-9-5-7-13(4-2)12(14)11-10(9)6-8-15-11/h6,8-9H,3-5,7H2,1-2H3. The minimum absolute atomic E-state index is 0.235. The smallest absolute Gasteiger partial charge is 0.264 e. The summed E-state index contributed by atoms with van der Waals surface area (Å²) in [5.41, 5.74) is 1.28. The highest BCUT2D eigenvalue weighted by atomic mass is 32.1. The van der Waals surface area contributed by atoms with Crippen LogP contribution in [0.2, 0.25) is 0 Å². The number of rotatable bonds is 2. The zero-order valence-electron chi connectivity index (χ0n) is 9.32. The molecule has 1 aromatic rings. The SMILES string of the molecule is CCC1CCN(CC)C(=O)c2sccc21. The van der Waals surface area contributed by atoms with E-state index in [4.69, 9.17) is 0 Å². The van der Waals surface area contributed by atoms with Crippen molar-refractivity contribution >= 4 is 17.2 Å². The molecule has 0 aromatic carbocycles. The molecule has 1 aromatic heterocycles. The summed E-state index contributed by atoms with van der Waals surface area (Å²) in [6.45, 7) is 6.00. The predicted molar refractivity (Wildman–Crippen MR) is 63.5 cm³/mol.